The number of methoxy groups -OCH3 is 1. The monoisotopic (exact) mass is 609 g/mol. The second-order valence-corrected chi connectivity index (χ2v) is 12.6. The third-order valence-corrected chi connectivity index (χ3v) is 8.67. The van der Waals surface area contributed by atoms with Gasteiger partial charge in [0.25, 0.3) is 10.0 Å². The molecule has 3 aromatic carbocycles. The molecule has 9 nitrogen and oxygen atoms in total. The van der Waals surface area contributed by atoms with E-state index in [1.54, 1.807) is 55.6 Å². The van der Waals surface area contributed by atoms with Gasteiger partial charge in [-0.2, -0.15) is 0 Å². The fourth-order valence-electron chi connectivity index (χ4n) is 4.55. The van der Waals surface area contributed by atoms with Gasteiger partial charge in [0.2, 0.25) is 11.8 Å². The van der Waals surface area contributed by atoms with E-state index in [2.05, 4.69) is 5.32 Å². The highest BCUT2D eigenvalue weighted by atomic mass is 32.2. The average Bonchev–Trinajstić information content (AvgIpc) is 2.99. The predicted molar refractivity (Wildman–Crippen MR) is 169 cm³/mol. The summed E-state index contributed by atoms with van der Waals surface area (Å²) in [6.07, 6.45) is 0.341. The number of hydrogen-bond donors (Lipinski definition) is 1. The maximum Gasteiger partial charge on any atom is 0.264 e. The standard InChI is InChI=1S/C33H43N3O6S/c1-7-31(33(38)34-21-24(3)4)35(22-26-10-9-11-29(20-26)41-6)32(37)23-36(27-14-16-28(17-15-27)42-8-2)43(39,40)30-18-12-25(5)13-19-30/h9-20,24,31H,7-8,21-23H2,1-6H3,(H,34,38)/t31-/m0/s1. The first kappa shape index (κ1) is 33.5. The summed E-state index contributed by atoms with van der Waals surface area (Å²) in [6, 6.07) is 19.5. The molecule has 0 radical (unpaired) electrons. The third-order valence-electron chi connectivity index (χ3n) is 6.88. The summed E-state index contributed by atoms with van der Waals surface area (Å²) >= 11 is 0. The van der Waals surface area contributed by atoms with Gasteiger partial charge in [-0.1, -0.05) is 50.6 Å². The molecule has 3 aromatic rings. The minimum atomic E-state index is -4.16. The molecule has 0 spiro atoms. The van der Waals surface area contributed by atoms with Crippen LogP contribution in [0.2, 0.25) is 0 Å². The van der Waals surface area contributed by atoms with Gasteiger partial charge in [0, 0.05) is 13.1 Å². The van der Waals surface area contributed by atoms with E-state index in [9.17, 15) is 18.0 Å². The van der Waals surface area contributed by atoms with Crippen LogP contribution >= 0.6 is 0 Å². The van der Waals surface area contributed by atoms with Crippen molar-refractivity contribution in [1.29, 1.82) is 0 Å². The van der Waals surface area contributed by atoms with Crippen molar-refractivity contribution in [2.75, 3.05) is 31.1 Å². The van der Waals surface area contributed by atoms with Gasteiger partial charge in [0.15, 0.2) is 0 Å². The molecule has 3 rings (SSSR count). The lowest BCUT2D eigenvalue weighted by Gasteiger charge is -2.33. The average molecular weight is 610 g/mol. The van der Waals surface area contributed by atoms with Crippen molar-refractivity contribution in [3.63, 3.8) is 0 Å². The van der Waals surface area contributed by atoms with Crippen LogP contribution in [0.5, 0.6) is 11.5 Å². The molecule has 0 aromatic heterocycles. The zero-order valence-corrected chi connectivity index (χ0v) is 26.7. The number of benzene rings is 3. The molecule has 232 valence electrons. The van der Waals surface area contributed by atoms with Crippen LogP contribution < -0.4 is 19.1 Å². The Hall–Kier alpha value is -4.05. The summed E-state index contributed by atoms with van der Waals surface area (Å²) in [5.74, 6) is 0.608. The van der Waals surface area contributed by atoms with E-state index in [1.807, 2.05) is 46.8 Å². The van der Waals surface area contributed by atoms with E-state index < -0.39 is 28.5 Å². The first-order valence-corrected chi connectivity index (χ1v) is 16.0. The van der Waals surface area contributed by atoms with Crippen molar-refractivity contribution in [2.24, 2.45) is 5.92 Å². The number of aryl methyl sites for hydroxylation is 1. The number of carbonyl (C=O) groups excluding carboxylic acids is 2. The van der Waals surface area contributed by atoms with E-state index in [0.717, 1.165) is 15.4 Å². The summed E-state index contributed by atoms with van der Waals surface area (Å²) in [7, 11) is -2.60. The molecular weight excluding hydrogens is 566 g/mol. The molecule has 0 aliphatic heterocycles. The van der Waals surface area contributed by atoms with E-state index in [4.69, 9.17) is 9.47 Å². The molecule has 0 saturated carbocycles. The van der Waals surface area contributed by atoms with Gasteiger partial charge in [-0.3, -0.25) is 13.9 Å². The van der Waals surface area contributed by atoms with Gasteiger partial charge < -0.3 is 19.7 Å². The Bertz CT molecular complexity index is 1460. The number of amides is 2. The molecule has 2 amide bonds. The number of hydrogen-bond acceptors (Lipinski definition) is 6. The lowest BCUT2D eigenvalue weighted by molar-refractivity contribution is -0.140. The van der Waals surface area contributed by atoms with E-state index in [1.165, 1.54) is 17.0 Å². The van der Waals surface area contributed by atoms with Crippen LogP contribution in [0.1, 0.15) is 45.2 Å². The Morgan fingerprint density at radius 2 is 1.60 bits per heavy atom. The lowest BCUT2D eigenvalue weighted by Crippen LogP contribution is -2.52. The van der Waals surface area contributed by atoms with Crippen LogP contribution in [0.25, 0.3) is 0 Å². The maximum absolute atomic E-state index is 14.2. The van der Waals surface area contributed by atoms with Crippen molar-refractivity contribution in [1.82, 2.24) is 10.2 Å². The van der Waals surface area contributed by atoms with E-state index >= 15 is 0 Å². The number of ether oxygens (including phenoxy) is 2. The molecule has 0 bridgehead atoms. The molecule has 1 N–H and O–H groups in total. The first-order valence-electron chi connectivity index (χ1n) is 14.5. The summed E-state index contributed by atoms with van der Waals surface area (Å²) < 4.78 is 40.1. The Kier molecular flexibility index (Phi) is 12.0. The highest BCUT2D eigenvalue weighted by Gasteiger charge is 2.33. The fraction of sp³-hybridized carbons (Fsp3) is 0.394. The van der Waals surface area contributed by atoms with Crippen LogP contribution in [-0.2, 0) is 26.2 Å². The fourth-order valence-corrected chi connectivity index (χ4v) is 5.97. The molecule has 0 saturated heterocycles. The molecule has 0 unspecified atom stereocenters. The number of anilines is 1. The van der Waals surface area contributed by atoms with E-state index in [0.29, 0.717) is 36.8 Å². The first-order chi connectivity index (χ1) is 20.5. The van der Waals surface area contributed by atoms with Crippen LogP contribution in [-0.4, -0.2) is 58.0 Å². The second-order valence-electron chi connectivity index (χ2n) is 10.7. The molecule has 0 aliphatic rings. The minimum Gasteiger partial charge on any atom is -0.497 e. The molecular formula is C33H43N3O6S. The van der Waals surface area contributed by atoms with Gasteiger partial charge in [0.05, 0.1) is 24.3 Å². The van der Waals surface area contributed by atoms with Crippen molar-refractivity contribution in [3.05, 3.63) is 83.9 Å². The Morgan fingerprint density at radius 3 is 2.19 bits per heavy atom. The minimum absolute atomic E-state index is 0.0563. The smallest absolute Gasteiger partial charge is 0.264 e. The van der Waals surface area contributed by atoms with Crippen LogP contribution in [0.15, 0.2) is 77.7 Å². The van der Waals surface area contributed by atoms with Crippen LogP contribution in [0.4, 0.5) is 5.69 Å². The van der Waals surface area contributed by atoms with Crippen molar-refractivity contribution in [3.8, 4) is 11.5 Å². The largest absolute Gasteiger partial charge is 0.497 e. The Morgan fingerprint density at radius 1 is 0.930 bits per heavy atom. The number of nitrogens with zero attached hydrogens (tertiary/aromatic N) is 2. The highest BCUT2D eigenvalue weighted by molar-refractivity contribution is 7.92. The summed E-state index contributed by atoms with van der Waals surface area (Å²) in [6.45, 7) is 10.0. The third kappa shape index (κ3) is 8.97. The second kappa shape index (κ2) is 15.4. The predicted octanol–water partition coefficient (Wildman–Crippen LogP) is 5.18. The van der Waals surface area contributed by atoms with Crippen LogP contribution in [0.3, 0.4) is 0 Å². The number of carbonyl (C=O) groups is 2. The summed E-state index contributed by atoms with van der Waals surface area (Å²) in [5.41, 5.74) is 1.96. The molecule has 0 heterocycles. The van der Waals surface area contributed by atoms with E-state index in [-0.39, 0.29) is 23.3 Å². The van der Waals surface area contributed by atoms with Gasteiger partial charge in [-0.05, 0) is 80.3 Å². The molecule has 0 aliphatic carbocycles. The van der Waals surface area contributed by atoms with Gasteiger partial charge in [0.1, 0.15) is 24.1 Å². The number of rotatable bonds is 15. The molecule has 10 heteroatoms. The maximum atomic E-state index is 14.2. The number of sulfonamides is 1. The normalized spacial score (nSPS) is 12.0. The molecule has 43 heavy (non-hydrogen) atoms. The highest BCUT2D eigenvalue weighted by Crippen LogP contribution is 2.27. The topological polar surface area (TPSA) is 105 Å². The van der Waals surface area contributed by atoms with Crippen molar-refractivity contribution >= 4 is 27.5 Å². The summed E-state index contributed by atoms with van der Waals surface area (Å²) in [4.78, 5) is 29.1. The Balaban J connectivity index is 2.06. The number of nitrogens with one attached hydrogen (secondary N) is 1. The molecule has 0 fully saturated rings. The Labute approximate surface area is 255 Å². The van der Waals surface area contributed by atoms with Crippen molar-refractivity contribution < 1.29 is 27.5 Å². The quantitative estimate of drug-likeness (QED) is 0.255. The van der Waals surface area contributed by atoms with Crippen molar-refractivity contribution in [2.45, 2.75) is 58.5 Å². The van der Waals surface area contributed by atoms with Gasteiger partial charge >= 0.3 is 0 Å². The zero-order valence-electron chi connectivity index (χ0n) is 25.9. The summed E-state index contributed by atoms with van der Waals surface area (Å²) in [5, 5.41) is 2.94. The molecule has 1 atom stereocenters. The SMILES string of the molecule is CCOc1ccc(N(CC(=O)N(Cc2cccc(OC)c2)[C@@H](CC)C(=O)NCC(C)C)S(=O)(=O)c2ccc(C)cc2)cc1. The zero-order chi connectivity index (χ0) is 31.6. The van der Waals surface area contributed by atoms with Gasteiger partial charge in [-0.15, -0.1) is 0 Å². The van der Waals surface area contributed by atoms with Crippen LogP contribution in [0, 0.1) is 12.8 Å². The lowest BCUT2D eigenvalue weighted by atomic mass is 10.1. The van der Waals surface area contributed by atoms with Gasteiger partial charge in [-0.25, -0.2) is 8.42 Å².